The molecule has 0 unspecified atom stereocenters. The van der Waals surface area contributed by atoms with E-state index in [1.54, 1.807) is 12.1 Å². The summed E-state index contributed by atoms with van der Waals surface area (Å²) in [7, 11) is 1.54. The van der Waals surface area contributed by atoms with Gasteiger partial charge in [-0.05, 0) is 23.6 Å². The third kappa shape index (κ3) is 3.67. The molecular weight excluding hydrogens is 199 g/mol. The zero-order valence-electron chi connectivity index (χ0n) is 8.50. The maximum Gasteiger partial charge on any atom is 0.303 e. The number of aryl methyl sites for hydroxylation is 1. The highest BCUT2D eigenvalue weighted by molar-refractivity contribution is 5.67. The average Bonchev–Trinajstić information content (AvgIpc) is 2.17. The van der Waals surface area contributed by atoms with Crippen molar-refractivity contribution in [1.29, 1.82) is 0 Å². The Morgan fingerprint density at radius 3 is 2.80 bits per heavy atom. The largest absolute Gasteiger partial charge is 0.481 e. The van der Waals surface area contributed by atoms with Gasteiger partial charge in [0.05, 0.1) is 6.61 Å². The van der Waals surface area contributed by atoms with Crippen molar-refractivity contribution >= 4 is 5.97 Å². The number of hydrogen-bond donors (Lipinski definition) is 1. The van der Waals surface area contributed by atoms with Crippen molar-refractivity contribution in [2.24, 2.45) is 0 Å². The number of aliphatic carboxylic acids is 1. The van der Waals surface area contributed by atoms with E-state index < -0.39 is 5.97 Å². The number of hydrogen-bond acceptors (Lipinski definition) is 2. The maximum absolute atomic E-state index is 13.4. The van der Waals surface area contributed by atoms with Gasteiger partial charge in [0.2, 0.25) is 0 Å². The molecule has 0 aliphatic rings. The van der Waals surface area contributed by atoms with Gasteiger partial charge in [0.15, 0.2) is 0 Å². The summed E-state index contributed by atoms with van der Waals surface area (Å²) in [5.41, 5.74) is 1.17. The molecule has 0 aromatic heterocycles. The van der Waals surface area contributed by atoms with Crippen LogP contribution < -0.4 is 0 Å². The van der Waals surface area contributed by atoms with Crippen LogP contribution in [0.3, 0.4) is 0 Å². The van der Waals surface area contributed by atoms with E-state index in [1.165, 1.54) is 13.2 Å². The summed E-state index contributed by atoms with van der Waals surface area (Å²) >= 11 is 0. The number of carbonyl (C=O) groups is 1. The van der Waals surface area contributed by atoms with E-state index in [1.807, 2.05) is 0 Å². The summed E-state index contributed by atoms with van der Waals surface area (Å²) in [6.45, 7) is 0.357. The van der Waals surface area contributed by atoms with E-state index in [9.17, 15) is 9.18 Å². The number of methoxy groups -OCH3 is 1. The molecule has 0 atom stereocenters. The zero-order valence-corrected chi connectivity index (χ0v) is 8.50. The van der Waals surface area contributed by atoms with Crippen molar-refractivity contribution in [2.45, 2.75) is 19.4 Å². The van der Waals surface area contributed by atoms with Crippen molar-refractivity contribution in [2.75, 3.05) is 7.11 Å². The number of rotatable bonds is 5. The Bertz CT molecular complexity index is 350. The molecule has 1 aromatic carbocycles. The molecule has 1 aromatic rings. The number of halogens is 1. The highest BCUT2D eigenvalue weighted by atomic mass is 19.1. The smallest absolute Gasteiger partial charge is 0.303 e. The number of ether oxygens (including phenoxy) is 1. The van der Waals surface area contributed by atoms with E-state index in [2.05, 4.69) is 0 Å². The molecular formula is C11H13FO3. The SMILES string of the molecule is COCc1ccc(CCC(=O)O)c(F)c1. The lowest BCUT2D eigenvalue weighted by Crippen LogP contribution is -2.00. The van der Waals surface area contributed by atoms with Crippen molar-refractivity contribution in [1.82, 2.24) is 0 Å². The van der Waals surface area contributed by atoms with Crippen LogP contribution in [0.15, 0.2) is 18.2 Å². The van der Waals surface area contributed by atoms with Crippen molar-refractivity contribution in [3.05, 3.63) is 35.1 Å². The van der Waals surface area contributed by atoms with Gasteiger partial charge < -0.3 is 9.84 Å². The molecule has 0 saturated heterocycles. The fraction of sp³-hybridized carbons (Fsp3) is 0.364. The molecule has 0 fully saturated rings. The van der Waals surface area contributed by atoms with Gasteiger partial charge in [0.25, 0.3) is 0 Å². The third-order valence-electron chi connectivity index (χ3n) is 2.04. The second kappa shape index (κ2) is 5.46. The Balaban J connectivity index is 2.70. The average molecular weight is 212 g/mol. The summed E-state index contributed by atoms with van der Waals surface area (Å²) in [5.74, 6) is -1.29. The van der Waals surface area contributed by atoms with Crippen molar-refractivity contribution in [3.8, 4) is 0 Å². The van der Waals surface area contributed by atoms with Crippen LogP contribution in [0, 0.1) is 5.82 Å². The standard InChI is InChI=1S/C11H13FO3/c1-15-7-8-2-3-9(10(12)6-8)4-5-11(13)14/h2-3,6H,4-5,7H2,1H3,(H,13,14). The van der Waals surface area contributed by atoms with E-state index in [0.717, 1.165) is 5.56 Å². The lowest BCUT2D eigenvalue weighted by atomic mass is 10.1. The van der Waals surface area contributed by atoms with E-state index in [-0.39, 0.29) is 18.7 Å². The van der Waals surface area contributed by atoms with E-state index >= 15 is 0 Å². The predicted octanol–water partition coefficient (Wildman–Crippen LogP) is 1.99. The van der Waals surface area contributed by atoms with Crippen LogP contribution in [-0.2, 0) is 22.6 Å². The molecule has 1 rings (SSSR count). The third-order valence-corrected chi connectivity index (χ3v) is 2.04. The minimum atomic E-state index is -0.921. The van der Waals surface area contributed by atoms with Gasteiger partial charge in [0, 0.05) is 13.5 Å². The monoisotopic (exact) mass is 212 g/mol. The first-order chi connectivity index (χ1) is 7.13. The molecule has 0 aliphatic carbocycles. The van der Waals surface area contributed by atoms with Crippen LogP contribution >= 0.6 is 0 Å². The molecule has 82 valence electrons. The molecule has 0 saturated carbocycles. The summed E-state index contributed by atoms with van der Waals surface area (Å²) in [4.78, 5) is 10.3. The molecule has 3 nitrogen and oxygen atoms in total. The lowest BCUT2D eigenvalue weighted by molar-refractivity contribution is -0.136. The fourth-order valence-corrected chi connectivity index (χ4v) is 1.29. The summed E-state index contributed by atoms with van der Waals surface area (Å²) < 4.78 is 18.2. The molecule has 4 heteroatoms. The molecule has 1 N–H and O–H groups in total. The first-order valence-electron chi connectivity index (χ1n) is 4.61. The Morgan fingerprint density at radius 2 is 2.27 bits per heavy atom. The van der Waals surface area contributed by atoms with Crippen LogP contribution in [0.2, 0.25) is 0 Å². The van der Waals surface area contributed by atoms with Crippen molar-refractivity contribution in [3.63, 3.8) is 0 Å². The summed E-state index contributed by atoms with van der Waals surface area (Å²) in [6.07, 6.45) is 0.162. The van der Waals surface area contributed by atoms with Crippen molar-refractivity contribution < 1.29 is 19.0 Å². The van der Waals surface area contributed by atoms with Gasteiger partial charge in [-0.1, -0.05) is 12.1 Å². The van der Waals surface area contributed by atoms with Crippen LogP contribution in [0.5, 0.6) is 0 Å². The Morgan fingerprint density at radius 1 is 1.53 bits per heavy atom. The fourth-order valence-electron chi connectivity index (χ4n) is 1.29. The van der Waals surface area contributed by atoms with Gasteiger partial charge in [-0.15, -0.1) is 0 Å². The number of benzene rings is 1. The Hall–Kier alpha value is -1.42. The highest BCUT2D eigenvalue weighted by Gasteiger charge is 2.05. The molecule has 0 bridgehead atoms. The molecule has 0 heterocycles. The minimum absolute atomic E-state index is 0.0550. The molecule has 0 radical (unpaired) electrons. The summed E-state index contributed by atoms with van der Waals surface area (Å²) in [5, 5.41) is 8.46. The predicted molar refractivity (Wildman–Crippen MR) is 53.1 cm³/mol. The molecule has 0 amide bonds. The van der Waals surface area contributed by atoms with Gasteiger partial charge in [0.1, 0.15) is 5.82 Å². The summed E-state index contributed by atoms with van der Waals surface area (Å²) in [6, 6.07) is 4.72. The quantitative estimate of drug-likeness (QED) is 0.811. The van der Waals surface area contributed by atoms with Crippen LogP contribution in [-0.4, -0.2) is 18.2 Å². The van der Waals surface area contributed by atoms with Gasteiger partial charge in [-0.25, -0.2) is 4.39 Å². The van der Waals surface area contributed by atoms with E-state index in [4.69, 9.17) is 9.84 Å². The second-order valence-corrected chi connectivity index (χ2v) is 3.25. The lowest BCUT2D eigenvalue weighted by Gasteiger charge is -2.04. The van der Waals surface area contributed by atoms with Gasteiger partial charge >= 0.3 is 5.97 Å². The van der Waals surface area contributed by atoms with E-state index in [0.29, 0.717) is 12.2 Å². The van der Waals surface area contributed by atoms with Crippen LogP contribution in [0.1, 0.15) is 17.5 Å². The number of carboxylic acids is 1. The van der Waals surface area contributed by atoms with Crippen LogP contribution in [0.4, 0.5) is 4.39 Å². The highest BCUT2D eigenvalue weighted by Crippen LogP contribution is 2.13. The minimum Gasteiger partial charge on any atom is -0.481 e. The first kappa shape index (κ1) is 11.7. The number of carboxylic acid groups (broad SMARTS) is 1. The molecule has 0 aliphatic heterocycles. The normalized spacial score (nSPS) is 10.3. The second-order valence-electron chi connectivity index (χ2n) is 3.25. The zero-order chi connectivity index (χ0) is 11.3. The molecule has 15 heavy (non-hydrogen) atoms. The maximum atomic E-state index is 13.4. The Kier molecular flexibility index (Phi) is 4.24. The molecule has 0 spiro atoms. The van der Waals surface area contributed by atoms with Gasteiger partial charge in [-0.3, -0.25) is 4.79 Å². The Labute approximate surface area is 87.5 Å². The topological polar surface area (TPSA) is 46.5 Å². The first-order valence-corrected chi connectivity index (χ1v) is 4.61. The van der Waals surface area contributed by atoms with Gasteiger partial charge in [-0.2, -0.15) is 0 Å². The van der Waals surface area contributed by atoms with Crippen LogP contribution in [0.25, 0.3) is 0 Å².